The van der Waals surface area contributed by atoms with Gasteiger partial charge in [0.15, 0.2) is 5.78 Å². The summed E-state index contributed by atoms with van der Waals surface area (Å²) in [4.78, 5) is 23.3. The highest BCUT2D eigenvalue weighted by Crippen LogP contribution is 2.24. The number of carbonyl (C=O) groups excluding carboxylic acids is 1. The van der Waals surface area contributed by atoms with E-state index in [4.69, 9.17) is 0 Å². The summed E-state index contributed by atoms with van der Waals surface area (Å²) in [6.45, 7) is 4.12. The van der Waals surface area contributed by atoms with Crippen molar-refractivity contribution in [2.75, 3.05) is 0 Å². The molecule has 0 aliphatic heterocycles. The summed E-state index contributed by atoms with van der Waals surface area (Å²) in [6, 6.07) is 0. The Hall–Kier alpha value is -1.38. The van der Waals surface area contributed by atoms with E-state index >= 15 is 0 Å². The highest BCUT2D eigenvalue weighted by atomic mass is 16.4. The summed E-state index contributed by atoms with van der Waals surface area (Å²) in [5, 5.41) is 9.26. The molecule has 3 nitrogen and oxygen atoms in total. The molecule has 0 heterocycles. The molecule has 0 saturated carbocycles. The maximum Gasteiger partial charge on any atom is 0.339 e. The smallest absolute Gasteiger partial charge is 0.339 e. The monoisotopic (exact) mass is 250 g/mol. The van der Waals surface area contributed by atoms with Crippen molar-refractivity contribution in [3.05, 3.63) is 22.8 Å². The van der Waals surface area contributed by atoms with Crippen LogP contribution in [0.25, 0.3) is 0 Å². The largest absolute Gasteiger partial charge is 0.478 e. The van der Waals surface area contributed by atoms with Gasteiger partial charge in [0.1, 0.15) is 5.57 Å². The quantitative estimate of drug-likeness (QED) is 0.612. The molecule has 0 saturated heterocycles. The van der Waals surface area contributed by atoms with E-state index in [1.165, 1.54) is 5.57 Å². The number of hydrogen-bond donors (Lipinski definition) is 1. The van der Waals surface area contributed by atoms with Crippen LogP contribution in [0.1, 0.15) is 58.8 Å². The first-order valence-electron chi connectivity index (χ1n) is 6.70. The van der Waals surface area contributed by atoms with Gasteiger partial charge in [0.2, 0.25) is 0 Å². The standard InChI is InChI=1S/C15H22O3/c1-3-4-7-12-10-9-11(2)6-5-8-13(16)14(12)15(17)18/h6H,3-5,7-10H2,1-2H3,(H,17,18)/b11-6+,14-12+. The summed E-state index contributed by atoms with van der Waals surface area (Å²) >= 11 is 0. The van der Waals surface area contributed by atoms with Gasteiger partial charge in [-0.25, -0.2) is 4.79 Å². The van der Waals surface area contributed by atoms with Crippen LogP contribution in [0.2, 0.25) is 0 Å². The Morgan fingerprint density at radius 1 is 1.33 bits per heavy atom. The summed E-state index contributed by atoms with van der Waals surface area (Å²) < 4.78 is 0. The molecule has 100 valence electrons. The number of hydrogen-bond acceptors (Lipinski definition) is 2. The number of carboxylic acid groups (broad SMARTS) is 1. The minimum Gasteiger partial charge on any atom is -0.478 e. The fourth-order valence-electron chi connectivity index (χ4n) is 2.26. The Bertz CT molecular complexity index is 389. The molecular formula is C15H22O3. The first-order chi connectivity index (χ1) is 8.56. The van der Waals surface area contributed by atoms with Crippen LogP contribution in [0.15, 0.2) is 22.8 Å². The molecular weight excluding hydrogens is 228 g/mol. The SMILES string of the molecule is CCCC/C1=C(\C(=O)O)C(=O)CC/C=C(\C)CC1. The van der Waals surface area contributed by atoms with Gasteiger partial charge in [0.05, 0.1) is 0 Å². The second kappa shape index (κ2) is 7.14. The number of Topliss-reactive ketones (excluding diaryl/α,β-unsaturated/α-hetero) is 1. The van der Waals surface area contributed by atoms with Gasteiger partial charge in [-0.1, -0.05) is 30.6 Å². The summed E-state index contributed by atoms with van der Waals surface area (Å²) in [5.41, 5.74) is 2.15. The topological polar surface area (TPSA) is 54.4 Å². The first-order valence-corrected chi connectivity index (χ1v) is 6.70. The van der Waals surface area contributed by atoms with Gasteiger partial charge in [-0.15, -0.1) is 0 Å². The van der Waals surface area contributed by atoms with E-state index < -0.39 is 5.97 Å². The maximum absolute atomic E-state index is 12.0. The fourth-order valence-corrected chi connectivity index (χ4v) is 2.26. The molecule has 3 heteroatoms. The van der Waals surface area contributed by atoms with Crippen LogP contribution in [-0.4, -0.2) is 16.9 Å². The lowest BCUT2D eigenvalue weighted by Gasteiger charge is -2.10. The molecule has 0 atom stereocenters. The van der Waals surface area contributed by atoms with Gasteiger partial charge in [-0.3, -0.25) is 4.79 Å². The van der Waals surface area contributed by atoms with E-state index in [-0.39, 0.29) is 11.4 Å². The van der Waals surface area contributed by atoms with Crippen molar-refractivity contribution in [1.82, 2.24) is 0 Å². The lowest BCUT2D eigenvalue weighted by atomic mass is 9.94. The molecule has 0 aromatic rings. The highest BCUT2D eigenvalue weighted by molar-refractivity contribution is 6.17. The van der Waals surface area contributed by atoms with Crippen molar-refractivity contribution in [2.24, 2.45) is 0 Å². The van der Waals surface area contributed by atoms with Crippen molar-refractivity contribution < 1.29 is 14.7 Å². The number of carbonyl (C=O) groups is 2. The average Bonchev–Trinajstić information content (AvgIpc) is 2.37. The minimum atomic E-state index is -1.05. The predicted octanol–water partition coefficient (Wildman–Crippen LogP) is 3.65. The first kappa shape index (κ1) is 14.7. The number of rotatable bonds is 4. The van der Waals surface area contributed by atoms with Gasteiger partial charge < -0.3 is 5.11 Å². The van der Waals surface area contributed by atoms with E-state index in [0.717, 1.165) is 31.3 Å². The van der Waals surface area contributed by atoms with E-state index in [0.29, 0.717) is 19.3 Å². The van der Waals surface area contributed by atoms with Gasteiger partial charge >= 0.3 is 5.97 Å². The fraction of sp³-hybridized carbons (Fsp3) is 0.600. The van der Waals surface area contributed by atoms with Crippen LogP contribution in [0.5, 0.6) is 0 Å². The third-order valence-electron chi connectivity index (χ3n) is 3.36. The molecule has 0 spiro atoms. The molecule has 1 N–H and O–H groups in total. The summed E-state index contributed by atoms with van der Waals surface area (Å²) in [5.74, 6) is -1.26. The third kappa shape index (κ3) is 4.13. The average molecular weight is 250 g/mol. The molecule has 0 aromatic carbocycles. The molecule has 0 bridgehead atoms. The third-order valence-corrected chi connectivity index (χ3v) is 3.36. The molecule has 1 aliphatic carbocycles. The Morgan fingerprint density at radius 3 is 2.67 bits per heavy atom. The van der Waals surface area contributed by atoms with Crippen molar-refractivity contribution in [3.8, 4) is 0 Å². The molecule has 1 rings (SSSR count). The van der Waals surface area contributed by atoms with Crippen LogP contribution >= 0.6 is 0 Å². The zero-order chi connectivity index (χ0) is 13.5. The Labute approximate surface area is 109 Å². The van der Waals surface area contributed by atoms with Crippen LogP contribution in [-0.2, 0) is 9.59 Å². The van der Waals surface area contributed by atoms with Gasteiger partial charge in [-0.2, -0.15) is 0 Å². The molecule has 18 heavy (non-hydrogen) atoms. The number of ketones is 1. The van der Waals surface area contributed by atoms with E-state index in [1.54, 1.807) is 0 Å². The maximum atomic E-state index is 12.0. The van der Waals surface area contributed by atoms with Crippen molar-refractivity contribution in [2.45, 2.75) is 58.8 Å². The second-order valence-electron chi connectivity index (χ2n) is 4.90. The highest BCUT2D eigenvalue weighted by Gasteiger charge is 2.22. The van der Waals surface area contributed by atoms with Gasteiger partial charge in [-0.05, 0) is 39.0 Å². The number of unbranched alkanes of at least 4 members (excludes halogenated alkanes) is 1. The number of carboxylic acids is 1. The molecule has 0 aromatic heterocycles. The van der Waals surface area contributed by atoms with Crippen molar-refractivity contribution >= 4 is 11.8 Å². The lowest BCUT2D eigenvalue weighted by molar-refractivity contribution is -0.134. The van der Waals surface area contributed by atoms with Crippen LogP contribution in [0, 0.1) is 0 Å². The van der Waals surface area contributed by atoms with Crippen LogP contribution in [0.4, 0.5) is 0 Å². The predicted molar refractivity (Wildman–Crippen MR) is 71.4 cm³/mol. The summed E-state index contributed by atoms with van der Waals surface area (Å²) in [7, 11) is 0. The number of allylic oxidation sites excluding steroid dienone is 3. The Morgan fingerprint density at radius 2 is 2.06 bits per heavy atom. The van der Waals surface area contributed by atoms with E-state index in [9.17, 15) is 14.7 Å². The molecule has 0 fully saturated rings. The molecule has 1 aliphatic rings. The van der Waals surface area contributed by atoms with Gasteiger partial charge in [0.25, 0.3) is 0 Å². The van der Waals surface area contributed by atoms with Crippen molar-refractivity contribution in [3.63, 3.8) is 0 Å². The lowest BCUT2D eigenvalue weighted by Crippen LogP contribution is -2.15. The van der Waals surface area contributed by atoms with E-state index in [1.807, 2.05) is 6.92 Å². The van der Waals surface area contributed by atoms with Crippen molar-refractivity contribution in [1.29, 1.82) is 0 Å². The molecule has 0 unspecified atom stereocenters. The Kier molecular flexibility index (Phi) is 5.83. The zero-order valence-electron chi connectivity index (χ0n) is 11.3. The van der Waals surface area contributed by atoms with Gasteiger partial charge in [0, 0.05) is 6.42 Å². The normalized spacial score (nSPS) is 24.8. The summed E-state index contributed by atoms with van der Waals surface area (Å²) in [6.07, 6.45) is 7.29. The zero-order valence-corrected chi connectivity index (χ0v) is 11.3. The minimum absolute atomic E-state index is 0.0616. The number of aliphatic carboxylic acids is 1. The molecule has 0 amide bonds. The molecule has 0 radical (unpaired) electrons. The van der Waals surface area contributed by atoms with Crippen LogP contribution in [0.3, 0.4) is 0 Å². The Balaban J connectivity index is 3.04. The van der Waals surface area contributed by atoms with Crippen LogP contribution < -0.4 is 0 Å². The van der Waals surface area contributed by atoms with E-state index in [2.05, 4.69) is 13.0 Å². The second-order valence-corrected chi connectivity index (χ2v) is 4.90.